The number of benzene rings is 1. The highest BCUT2D eigenvalue weighted by Crippen LogP contribution is 2.32. The summed E-state index contributed by atoms with van der Waals surface area (Å²) in [5, 5.41) is 0.654. The third-order valence-corrected chi connectivity index (χ3v) is 5.09. The molecule has 0 amide bonds. The predicted molar refractivity (Wildman–Crippen MR) is 85.3 cm³/mol. The van der Waals surface area contributed by atoms with Gasteiger partial charge >= 0.3 is 0 Å². The molecule has 0 bridgehead atoms. The van der Waals surface area contributed by atoms with Crippen molar-refractivity contribution in [3.63, 3.8) is 0 Å². The molecule has 0 aliphatic rings. The van der Waals surface area contributed by atoms with Crippen LogP contribution in [0.4, 0.5) is 5.13 Å². The van der Waals surface area contributed by atoms with Gasteiger partial charge < -0.3 is 5.73 Å². The van der Waals surface area contributed by atoms with Gasteiger partial charge in [0.1, 0.15) is 0 Å². The van der Waals surface area contributed by atoms with Gasteiger partial charge in [-0.25, -0.2) is 4.98 Å². The Kier molecular flexibility index (Phi) is 4.45. The fourth-order valence-electron chi connectivity index (χ4n) is 1.88. The number of thiazole rings is 1. The number of hydrogen-bond acceptors (Lipinski definition) is 3. The van der Waals surface area contributed by atoms with E-state index in [0.29, 0.717) is 5.13 Å². The summed E-state index contributed by atoms with van der Waals surface area (Å²) in [5.74, 6) is 0. The second-order valence-electron chi connectivity index (χ2n) is 4.16. The van der Waals surface area contributed by atoms with Crippen molar-refractivity contribution in [3.8, 4) is 0 Å². The number of nitrogen functional groups attached to an aromatic ring is 1. The number of rotatable bonds is 3. The number of aromatic nitrogens is 1. The molecule has 2 N–H and O–H groups in total. The summed E-state index contributed by atoms with van der Waals surface area (Å²) in [6.45, 7) is 4.19. The zero-order valence-electron chi connectivity index (χ0n) is 10.3. The summed E-state index contributed by atoms with van der Waals surface area (Å²) < 4.78 is 2.26. The maximum atomic E-state index is 5.79. The van der Waals surface area contributed by atoms with Crippen LogP contribution in [0.2, 0.25) is 0 Å². The van der Waals surface area contributed by atoms with Crippen LogP contribution in [0.15, 0.2) is 21.1 Å². The third-order valence-electron chi connectivity index (χ3n) is 2.75. The van der Waals surface area contributed by atoms with E-state index >= 15 is 0 Å². The van der Waals surface area contributed by atoms with Gasteiger partial charge in [-0.15, -0.1) is 11.3 Å². The highest BCUT2D eigenvalue weighted by atomic mass is 79.9. The first-order chi connectivity index (χ1) is 8.51. The number of halogens is 2. The molecule has 18 heavy (non-hydrogen) atoms. The van der Waals surface area contributed by atoms with Crippen LogP contribution < -0.4 is 5.73 Å². The van der Waals surface area contributed by atoms with Gasteiger partial charge in [-0.1, -0.05) is 38.8 Å². The number of anilines is 1. The normalized spacial score (nSPS) is 10.9. The van der Waals surface area contributed by atoms with Crippen LogP contribution in [0.25, 0.3) is 0 Å². The molecule has 0 atom stereocenters. The molecule has 1 aromatic heterocycles. The number of nitrogens with two attached hydrogens (primary N) is 1. The highest BCUT2D eigenvalue weighted by Gasteiger charge is 2.13. The Bertz CT molecular complexity index is 555. The van der Waals surface area contributed by atoms with E-state index in [1.807, 2.05) is 0 Å². The van der Waals surface area contributed by atoms with Gasteiger partial charge in [0.05, 0.1) is 5.69 Å². The Labute approximate surface area is 128 Å². The van der Waals surface area contributed by atoms with E-state index in [1.165, 1.54) is 16.0 Å². The van der Waals surface area contributed by atoms with Crippen LogP contribution in [0, 0.1) is 6.92 Å². The van der Waals surface area contributed by atoms with E-state index in [9.17, 15) is 0 Å². The second-order valence-corrected chi connectivity index (χ2v) is 6.98. The van der Waals surface area contributed by atoms with Crippen molar-refractivity contribution in [1.82, 2.24) is 4.98 Å². The van der Waals surface area contributed by atoms with E-state index < -0.39 is 0 Å². The molecule has 0 unspecified atom stereocenters. The lowest BCUT2D eigenvalue weighted by atomic mass is 10.1. The minimum atomic E-state index is 0.654. The minimum Gasteiger partial charge on any atom is -0.375 e. The van der Waals surface area contributed by atoms with E-state index in [4.69, 9.17) is 5.73 Å². The molecule has 1 heterocycles. The molecule has 0 radical (unpaired) electrons. The third kappa shape index (κ3) is 2.95. The molecule has 2 nitrogen and oxygen atoms in total. The van der Waals surface area contributed by atoms with E-state index in [0.717, 1.165) is 27.5 Å². The fourth-order valence-corrected chi connectivity index (χ4v) is 4.51. The van der Waals surface area contributed by atoms with Gasteiger partial charge in [0.2, 0.25) is 0 Å². The lowest BCUT2D eigenvalue weighted by molar-refractivity contribution is 1.02. The zero-order chi connectivity index (χ0) is 13.3. The highest BCUT2D eigenvalue weighted by molar-refractivity contribution is 9.11. The van der Waals surface area contributed by atoms with Gasteiger partial charge in [-0.05, 0) is 36.6 Å². The van der Waals surface area contributed by atoms with Crippen LogP contribution in [-0.2, 0) is 12.8 Å². The summed E-state index contributed by atoms with van der Waals surface area (Å²) in [6.07, 6.45) is 1.78. The van der Waals surface area contributed by atoms with Crippen LogP contribution in [0.1, 0.15) is 28.6 Å². The predicted octanol–water partition coefficient (Wildman–Crippen LogP) is 4.71. The Morgan fingerprint density at radius 2 is 1.89 bits per heavy atom. The topological polar surface area (TPSA) is 38.9 Å². The van der Waals surface area contributed by atoms with Crippen molar-refractivity contribution in [2.75, 3.05) is 5.73 Å². The van der Waals surface area contributed by atoms with E-state index in [2.05, 4.69) is 62.8 Å². The first-order valence-electron chi connectivity index (χ1n) is 5.69. The molecule has 2 rings (SSSR count). The quantitative estimate of drug-likeness (QED) is 0.825. The zero-order valence-corrected chi connectivity index (χ0v) is 14.2. The summed E-state index contributed by atoms with van der Waals surface area (Å²) in [7, 11) is 0. The van der Waals surface area contributed by atoms with Crippen LogP contribution >= 0.6 is 43.2 Å². The van der Waals surface area contributed by atoms with Crippen molar-refractivity contribution in [2.45, 2.75) is 26.7 Å². The summed E-state index contributed by atoms with van der Waals surface area (Å²) in [4.78, 5) is 5.62. The Balaban J connectivity index is 2.39. The Hall–Kier alpha value is -0.390. The summed E-state index contributed by atoms with van der Waals surface area (Å²) in [5.41, 5.74) is 9.38. The molecule has 0 saturated heterocycles. The molecule has 1 aromatic carbocycles. The van der Waals surface area contributed by atoms with Gasteiger partial charge in [0.15, 0.2) is 5.13 Å². The van der Waals surface area contributed by atoms with Crippen molar-refractivity contribution < 1.29 is 0 Å². The summed E-state index contributed by atoms with van der Waals surface area (Å²) in [6, 6.07) is 4.27. The molecule has 96 valence electrons. The van der Waals surface area contributed by atoms with Gasteiger partial charge in [-0.2, -0.15) is 0 Å². The summed E-state index contributed by atoms with van der Waals surface area (Å²) >= 11 is 8.84. The molecule has 0 spiro atoms. The van der Waals surface area contributed by atoms with Crippen molar-refractivity contribution in [1.29, 1.82) is 0 Å². The van der Waals surface area contributed by atoms with Crippen molar-refractivity contribution >= 4 is 48.3 Å². The SMILES string of the molecule is CCc1nc(N)sc1Cc1c(Br)cc(C)cc1Br. The minimum absolute atomic E-state index is 0.654. The average molecular weight is 390 g/mol. The molecular weight excluding hydrogens is 376 g/mol. The van der Waals surface area contributed by atoms with Gasteiger partial charge in [0, 0.05) is 20.2 Å². The fraction of sp³-hybridized carbons (Fsp3) is 0.308. The maximum absolute atomic E-state index is 5.79. The smallest absolute Gasteiger partial charge is 0.180 e. The van der Waals surface area contributed by atoms with Gasteiger partial charge in [0.25, 0.3) is 0 Å². The molecule has 0 fully saturated rings. The van der Waals surface area contributed by atoms with E-state index in [1.54, 1.807) is 11.3 Å². The van der Waals surface area contributed by atoms with Crippen molar-refractivity contribution in [2.24, 2.45) is 0 Å². The second kappa shape index (κ2) is 5.72. The van der Waals surface area contributed by atoms with Crippen LogP contribution in [-0.4, -0.2) is 4.98 Å². The number of nitrogens with zero attached hydrogens (tertiary/aromatic N) is 1. The maximum Gasteiger partial charge on any atom is 0.180 e. The molecule has 0 aliphatic carbocycles. The van der Waals surface area contributed by atoms with Crippen LogP contribution in [0.5, 0.6) is 0 Å². The monoisotopic (exact) mass is 388 g/mol. The lowest BCUT2D eigenvalue weighted by Crippen LogP contribution is -1.94. The molecule has 0 saturated carbocycles. The molecular formula is C13H14Br2N2S. The molecule has 0 aliphatic heterocycles. The largest absolute Gasteiger partial charge is 0.375 e. The van der Waals surface area contributed by atoms with Crippen molar-refractivity contribution in [3.05, 3.63) is 42.8 Å². The molecule has 2 aromatic rings. The van der Waals surface area contributed by atoms with Crippen LogP contribution in [0.3, 0.4) is 0 Å². The first-order valence-corrected chi connectivity index (χ1v) is 8.10. The Morgan fingerprint density at radius 1 is 1.28 bits per heavy atom. The molecule has 5 heteroatoms. The number of aryl methyl sites for hydroxylation is 2. The van der Waals surface area contributed by atoms with Gasteiger partial charge in [-0.3, -0.25) is 0 Å². The Morgan fingerprint density at radius 3 is 2.44 bits per heavy atom. The standard InChI is InChI=1S/C13H14Br2N2S/c1-3-11-12(18-13(16)17-11)6-8-9(14)4-7(2)5-10(8)15/h4-5H,3,6H2,1-2H3,(H2,16,17). The first kappa shape index (κ1) is 14.0. The lowest BCUT2D eigenvalue weighted by Gasteiger charge is -2.08. The van der Waals surface area contributed by atoms with E-state index in [-0.39, 0.29) is 0 Å². The number of hydrogen-bond donors (Lipinski definition) is 1. The average Bonchev–Trinajstić information content (AvgIpc) is 2.64.